The fourth-order valence-corrected chi connectivity index (χ4v) is 5.49. The van der Waals surface area contributed by atoms with Crippen molar-refractivity contribution in [1.29, 1.82) is 0 Å². The summed E-state index contributed by atoms with van der Waals surface area (Å²) in [4.78, 5) is 27.5. The van der Waals surface area contributed by atoms with Crippen molar-refractivity contribution in [3.63, 3.8) is 0 Å². The van der Waals surface area contributed by atoms with Crippen molar-refractivity contribution in [1.82, 2.24) is 29.7 Å². The molecule has 0 bridgehead atoms. The van der Waals surface area contributed by atoms with Crippen LogP contribution in [0.25, 0.3) is 16.8 Å². The van der Waals surface area contributed by atoms with Crippen molar-refractivity contribution in [2.24, 2.45) is 7.05 Å². The molecule has 1 fully saturated rings. The van der Waals surface area contributed by atoms with E-state index in [1.807, 2.05) is 54.7 Å². The van der Waals surface area contributed by atoms with Crippen LogP contribution >= 0.6 is 0 Å². The second-order valence-electron chi connectivity index (χ2n) is 10.2. The van der Waals surface area contributed by atoms with Crippen LogP contribution in [0.3, 0.4) is 0 Å². The van der Waals surface area contributed by atoms with Crippen LogP contribution in [-0.4, -0.2) is 59.2 Å². The molecule has 9 heteroatoms. The van der Waals surface area contributed by atoms with Gasteiger partial charge in [-0.05, 0) is 73.9 Å². The molecule has 0 saturated carbocycles. The quantitative estimate of drug-likeness (QED) is 0.331. The number of aromatic nitrogens is 5. The zero-order chi connectivity index (χ0) is 27.4. The highest BCUT2D eigenvalue weighted by molar-refractivity contribution is 5.96. The minimum atomic E-state index is -1.02. The number of hydrogen-bond acceptors (Lipinski definition) is 5. The lowest BCUT2D eigenvalue weighted by Crippen LogP contribution is -2.43. The monoisotopic (exact) mass is 526 g/mol. The fourth-order valence-electron chi connectivity index (χ4n) is 5.49. The molecule has 9 nitrogen and oxygen atoms in total. The Morgan fingerprint density at radius 1 is 1.05 bits per heavy atom. The molecule has 202 valence electrons. The highest BCUT2D eigenvalue weighted by atomic mass is 16.4. The van der Waals surface area contributed by atoms with Crippen molar-refractivity contribution < 1.29 is 14.7 Å². The molecule has 1 saturated heterocycles. The molecular formula is C30H34N6O3. The van der Waals surface area contributed by atoms with Crippen LogP contribution < -0.4 is 0 Å². The van der Waals surface area contributed by atoms with E-state index in [4.69, 9.17) is 0 Å². The van der Waals surface area contributed by atoms with Gasteiger partial charge in [0.25, 0.3) is 5.91 Å². The molecule has 1 aliphatic heterocycles. The number of rotatable bonds is 9. The summed E-state index contributed by atoms with van der Waals surface area (Å²) in [5, 5.41) is 22.3. The van der Waals surface area contributed by atoms with Crippen molar-refractivity contribution >= 4 is 11.9 Å². The number of carbonyl (C=O) groups is 2. The SMILES string of the molecule is CCCC1CCCCN1C(=O)c1cccc(-c2cccc(-n3ncc(C(=O)O)c3CCc3cn(C)nn3)c2)c1. The van der Waals surface area contributed by atoms with Gasteiger partial charge in [0.2, 0.25) is 0 Å². The first-order chi connectivity index (χ1) is 18.9. The minimum Gasteiger partial charge on any atom is -0.478 e. The van der Waals surface area contributed by atoms with Gasteiger partial charge in [0.05, 0.1) is 23.3 Å². The Balaban J connectivity index is 1.43. The number of carboxylic acids is 1. The van der Waals surface area contributed by atoms with Gasteiger partial charge in [-0.2, -0.15) is 5.10 Å². The largest absolute Gasteiger partial charge is 0.478 e. The van der Waals surface area contributed by atoms with E-state index in [0.717, 1.165) is 54.7 Å². The number of amides is 1. The maximum Gasteiger partial charge on any atom is 0.339 e. The number of hydrogen-bond donors (Lipinski definition) is 1. The topological polar surface area (TPSA) is 106 Å². The van der Waals surface area contributed by atoms with Crippen LogP contribution in [0, 0.1) is 0 Å². The molecule has 2 aromatic heterocycles. The van der Waals surface area contributed by atoms with Gasteiger partial charge in [-0.3, -0.25) is 9.48 Å². The van der Waals surface area contributed by atoms with Crippen molar-refractivity contribution in [2.75, 3.05) is 6.54 Å². The lowest BCUT2D eigenvalue weighted by atomic mass is 9.96. The van der Waals surface area contributed by atoms with Crippen LogP contribution in [-0.2, 0) is 19.9 Å². The molecular weight excluding hydrogens is 492 g/mol. The number of likely N-dealkylation sites (tertiary alicyclic amines) is 1. The summed E-state index contributed by atoms with van der Waals surface area (Å²) in [5.74, 6) is -0.924. The predicted octanol–water partition coefficient (Wildman–Crippen LogP) is 4.95. The first-order valence-corrected chi connectivity index (χ1v) is 13.6. The van der Waals surface area contributed by atoms with Gasteiger partial charge in [0.15, 0.2) is 0 Å². The van der Waals surface area contributed by atoms with Crippen LogP contribution in [0.15, 0.2) is 60.9 Å². The average molecular weight is 527 g/mol. The predicted molar refractivity (Wildman–Crippen MR) is 148 cm³/mol. The number of benzene rings is 2. The van der Waals surface area contributed by atoms with Gasteiger partial charge in [-0.25, -0.2) is 9.48 Å². The molecule has 1 N–H and O–H groups in total. The maximum atomic E-state index is 13.5. The molecule has 5 rings (SSSR count). The highest BCUT2D eigenvalue weighted by Gasteiger charge is 2.27. The Kier molecular flexibility index (Phi) is 7.86. The molecule has 3 heterocycles. The lowest BCUT2D eigenvalue weighted by molar-refractivity contribution is 0.0600. The molecule has 1 aliphatic rings. The van der Waals surface area contributed by atoms with Gasteiger partial charge in [-0.15, -0.1) is 5.10 Å². The van der Waals surface area contributed by atoms with E-state index < -0.39 is 5.97 Å². The summed E-state index contributed by atoms with van der Waals surface area (Å²) in [6.45, 7) is 2.98. The maximum absolute atomic E-state index is 13.5. The highest BCUT2D eigenvalue weighted by Crippen LogP contribution is 2.27. The third-order valence-electron chi connectivity index (χ3n) is 7.41. The molecule has 2 aromatic carbocycles. The zero-order valence-electron chi connectivity index (χ0n) is 22.5. The first kappa shape index (κ1) is 26.3. The summed E-state index contributed by atoms with van der Waals surface area (Å²) in [6, 6.07) is 15.9. The van der Waals surface area contributed by atoms with Gasteiger partial charge in [0.1, 0.15) is 5.56 Å². The number of aromatic carboxylic acids is 1. The van der Waals surface area contributed by atoms with Gasteiger partial charge in [0, 0.05) is 31.4 Å². The van der Waals surface area contributed by atoms with Gasteiger partial charge < -0.3 is 10.0 Å². The van der Waals surface area contributed by atoms with Crippen molar-refractivity contribution in [2.45, 2.75) is 57.9 Å². The smallest absolute Gasteiger partial charge is 0.339 e. The Labute approximate surface area is 228 Å². The average Bonchev–Trinajstić information content (AvgIpc) is 3.58. The normalized spacial score (nSPS) is 15.4. The van der Waals surface area contributed by atoms with E-state index in [1.165, 1.54) is 12.6 Å². The van der Waals surface area contributed by atoms with Gasteiger partial charge >= 0.3 is 5.97 Å². The van der Waals surface area contributed by atoms with E-state index >= 15 is 0 Å². The molecule has 1 amide bonds. The van der Waals surface area contributed by atoms with Gasteiger partial charge in [-0.1, -0.05) is 42.8 Å². The Morgan fingerprint density at radius 2 is 1.85 bits per heavy atom. The molecule has 0 radical (unpaired) electrons. The first-order valence-electron chi connectivity index (χ1n) is 13.6. The molecule has 39 heavy (non-hydrogen) atoms. The minimum absolute atomic E-state index is 0.0932. The van der Waals surface area contributed by atoms with E-state index in [1.54, 1.807) is 16.4 Å². The third-order valence-corrected chi connectivity index (χ3v) is 7.41. The van der Waals surface area contributed by atoms with E-state index in [2.05, 4.69) is 27.2 Å². The van der Waals surface area contributed by atoms with Crippen LogP contribution in [0.1, 0.15) is 71.1 Å². The standard InChI is InChI=1S/C30H34N6O3/c1-3-8-25-12-4-5-16-35(25)29(37)23-11-6-9-21(17-23)22-10-7-13-26(18-22)36-28(27(19-31-36)30(38)39)15-14-24-20-34(2)33-32-24/h6-7,9-11,13,17-20,25H,3-5,8,12,14-16H2,1-2H3,(H,38,39). The lowest BCUT2D eigenvalue weighted by Gasteiger charge is -2.36. The second kappa shape index (κ2) is 11.6. The number of carbonyl (C=O) groups excluding carboxylic acids is 1. The van der Waals surface area contributed by atoms with Crippen LogP contribution in [0.2, 0.25) is 0 Å². The van der Waals surface area contributed by atoms with E-state index in [-0.39, 0.29) is 11.5 Å². The molecule has 1 atom stereocenters. The third kappa shape index (κ3) is 5.77. The van der Waals surface area contributed by atoms with Crippen LogP contribution in [0.5, 0.6) is 0 Å². The summed E-state index contributed by atoms with van der Waals surface area (Å²) >= 11 is 0. The Morgan fingerprint density at radius 3 is 2.59 bits per heavy atom. The molecule has 4 aromatic rings. The Bertz CT molecular complexity index is 1470. The fraction of sp³-hybridized carbons (Fsp3) is 0.367. The zero-order valence-corrected chi connectivity index (χ0v) is 22.5. The number of piperidine rings is 1. The van der Waals surface area contributed by atoms with E-state index in [0.29, 0.717) is 30.1 Å². The van der Waals surface area contributed by atoms with Crippen molar-refractivity contribution in [3.05, 3.63) is 83.4 Å². The molecule has 1 unspecified atom stereocenters. The summed E-state index contributed by atoms with van der Waals surface area (Å²) in [7, 11) is 1.80. The summed E-state index contributed by atoms with van der Waals surface area (Å²) in [6.07, 6.45) is 9.61. The van der Waals surface area contributed by atoms with Crippen molar-refractivity contribution in [3.8, 4) is 16.8 Å². The second-order valence-corrected chi connectivity index (χ2v) is 10.2. The number of nitrogens with zero attached hydrogens (tertiary/aromatic N) is 6. The number of aryl methyl sites for hydroxylation is 2. The number of carboxylic acid groups (broad SMARTS) is 1. The summed E-state index contributed by atoms with van der Waals surface area (Å²) < 4.78 is 3.31. The van der Waals surface area contributed by atoms with E-state index in [9.17, 15) is 14.7 Å². The summed E-state index contributed by atoms with van der Waals surface area (Å²) in [5.41, 5.74) is 4.85. The molecule has 0 spiro atoms. The Hall–Kier alpha value is -4.27. The van der Waals surface area contributed by atoms with Crippen LogP contribution in [0.4, 0.5) is 0 Å². The molecule has 0 aliphatic carbocycles.